The molecular formula is C13H23NO4. The number of hydrogen-bond acceptors (Lipinski definition) is 3. The molecule has 0 radical (unpaired) electrons. The van der Waals surface area contributed by atoms with E-state index in [4.69, 9.17) is 9.84 Å². The number of carboxylic acids is 1. The Bertz CT molecular complexity index is 293. The largest absolute Gasteiger partial charge is 0.481 e. The molecule has 1 aliphatic heterocycles. The minimum atomic E-state index is -0.758. The van der Waals surface area contributed by atoms with E-state index in [9.17, 15) is 9.59 Å². The van der Waals surface area contributed by atoms with Gasteiger partial charge in [-0.1, -0.05) is 6.92 Å². The summed E-state index contributed by atoms with van der Waals surface area (Å²) in [4.78, 5) is 24.5. The molecular weight excluding hydrogens is 234 g/mol. The van der Waals surface area contributed by atoms with Gasteiger partial charge in [0.05, 0.1) is 12.5 Å². The molecule has 0 spiro atoms. The highest BCUT2D eigenvalue weighted by atomic mass is 16.5. The minimum absolute atomic E-state index is 0.117. The summed E-state index contributed by atoms with van der Waals surface area (Å²) in [6.45, 7) is 3.79. The third-order valence-electron chi connectivity index (χ3n) is 3.44. The third kappa shape index (κ3) is 4.64. The molecule has 0 aromatic carbocycles. The Morgan fingerprint density at radius 1 is 1.50 bits per heavy atom. The zero-order valence-electron chi connectivity index (χ0n) is 11.2. The molecule has 1 rings (SSSR count). The van der Waals surface area contributed by atoms with Gasteiger partial charge in [0.2, 0.25) is 5.91 Å². The summed E-state index contributed by atoms with van der Waals surface area (Å²) in [7, 11) is 1.59. The van der Waals surface area contributed by atoms with Gasteiger partial charge in [-0.3, -0.25) is 9.59 Å². The summed E-state index contributed by atoms with van der Waals surface area (Å²) in [6, 6.07) is 0. The van der Waals surface area contributed by atoms with E-state index in [0.29, 0.717) is 25.5 Å². The maximum atomic E-state index is 12.1. The third-order valence-corrected chi connectivity index (χ3v) is 3.44. The first kappa shape index (κ1) is 15.0. The first-order valence-corrected chi connectivity index (χ1v) is 6.54. The molecule has 1 fully saturated rings. The fraction of sp³-hybridized carbons (Fsp3) is 0.846. The van der Waals surface area contributed by atoms with Crippen LogP contribution in [0.3, 0.4) is 0 Å². The van der Waals surface area contributed by atoms with Gasteiger partial charge < -0.3 is 14.7 Å². The lowest BCUT2D eigenvalue weighted by Crippen LogP contribution is -2.43. The molecule has 1 amide bonds. The van der Waals surface area contributed by atoms with E-state index in [2.05, 4.69) is 0 Å². The minimum Gasteiger partial charge on any atom is -0.481 e. The highest BCUT2D eigenvalue weighted by molar-refractivity contribution is 5.78. The normalized spacial score (nSPS) is 21.7. The number of aliphatic carboxylic acids is 1. The van der Waals surface area contributed by atoms with Crippen molar-refractivity contribution in [3.05, 3.63) is 0 Å². The van der Waals surface area contributed by atoms with Crippen molar-refractivity contribution in [2.75, 3.05) is 26.8 Å². The summed E-state index contributed by atoms with van der Waals surface area (Å²) in [5.41, 5.74) is 0. The highest BCUT2D eigenvalue weighted by Crippen LogP contribution is 2.22. The second-order valence-electron chi connectivity index (χ2n) is 5.08. The molecule has 5 nitrogen and oxygen atoms in total. The Kier molecular flexibility index (Phi) is 6.12. The van der Waals surface area contributed by atoms with Crippen LogP contribution in [0.4, 0.5) is 0 Å². The van der Waals surface area contributed by atoms with Crippen LogP contribution in [0, 0.1) is 11.8 Å². The molecule has 0 aliphatic carbocycles. The monoisotopic (exact) mass is 257 g/mol. The van der Waals surface area contributed by atoms with Gasteiger partial charge in [0.1, 0.15) is 0 Å². The maximum absolute atomic E-state index is 12.1. The molecule has 1 heterocycles. The van der Waals surface area contributed by atoms with Crippen molar-refractivity contribution in [2.45, 2.75) is 32.6 Å². The van der Waals surface area contributed by atoms with Crippen LogP contribution in [-0.2, 0) is 14.3 Å². The molecule has 5 heteroatoms. The number of nitrogens with zero attached hydrogens (tertiary/aromatic N) is 1. The van der Waals surface area contributed by atoms with E-state index < -0.39 is 5.97 Å². The molecule has 1 aliphatic rings. The summed E-state index contributed by atoms with van der Waals surface area (Å²) < 4.78 is 5.00. The molecule has 18 heavy (non-hydrogen) atoms. The van der Waals surface area contributed by atoms with Gasteiger partial charge in [0, 0.05) is 26.6 Å². The Hall–Kier alpha value is -1.10. The van der Waals surface area contributed by atoms with Gasteiger partial charge in [0.25, 0.3) is 0 Å². The van der Waals surface area contributed by atoms with Crippen molar-refractivity contribution in [3.8, 4) is 0 Å². The molecule has 0 aromatic heterocycles. The summed E-state index contributed by atoms with van der Waals surface area (Å²) in [6.07, 6.45) is 2.85. The van der Waals surface area contributed by atoms with E-state index in [-0.39, 0.29) is 18.2 Å². The number of likely N-dealkylation sites (tertiary alicyclic amines) is 1. The standard InChI is InChI=1S/C13H23NO4/c1-10(9-18-2)13(17)14-7-3-4-11(8-14)5-6-12(15)16/h10-11H,3-9H2,1-2H3,(H,15,16). The first-order chi connectivity index (χ1) is 8.54. The topological polar surface area (TPSA) is 66.8 Å². The van der Waals surface area contributed by atoms with Crippen LogP contribution < -0.4 is 0 Å². The fourth-order valence-electron chi connectivity index (χ4n) is 2.46. The predicted molar refractivity (Wildman–Crippen MR) is 67.2 cm³/mol. The number of carbonyl (C=O) groups excluding carboxylic acids is 1. The van der Waals surface area contributed by atoms with Gasteiger partial charge in [-0.2, -0.15) is 0 Å². The van der Waals surface area contributed by atoms with Crippen molar-refractivity contribution in [1.29, 1.82) is 0 Å². The van der Waals surface area contributed by atoms with E-state index in [1.165, 1.54) is 0 Å². The van der Waals surface area contributed by atoms with Crippen LogP contribution in [0.2, 0.25) is 0 Å². The molecule has 104 valence electrons. The number of methoxy groups -OCH3 is 1. The van der Waals surface area contributed by atoms with Crippen LogP contribution in [0.1, 0.15) is 32.6 Å². The molecule has 0 saturated carbocycles. The van der Waals surface area contributed by atoms with Gasteiger partial charge >= 0.3 is 5.97 Å². The van der Waals surface area contributed by atoms with Gasteiger partial charge in [-0.15, -0.1) is 0 Å². The summed E-state index contributed by atoms with van der Waals surface area (Å²) >= 11 is 0. The smallest absolute Gasteiger partial charge is 0.303 e. The lowest BCUT2D eigenvalue weighted by molar-refractivity contribution is -0.138. The fourth-order valence-corrected chi connectivity index (χ4v) is 2.46. The van der Waals surface area contributed by atoms with E-state index in [1.54, 1.807) is 7.11 Å². The zero-order chi connectivity index (χ0) is 13.5. The van der Waals surface area contributed by atoms with Crippen LogP contribution in [-0.4, -0.2) is 48.7 Å². The van der Waals surface area contributed by atoms with E-state index in [1.807, 2.05) is 11.8 Å². The Morgan fingerprint density at radius 2 is 2.22 bits per heavy atom. The van der Waals surface area contributed by atoms with Gasteiger partial charge in [-0.25, -0.2) is 0 Å². The second kappa shape index (κ2) is 7.36. The number of amides is 1. The van der Waals surface area contributed by atoms with Crippen molar-refractivity contribution in [3.63, 3.8) is 0 Å². The maximum Gasteiger partial charge on any atom is 0.303 e. The predicted octanol–water partition coefficient (Wildman–Crippen LogP) is 1.37. The number of hydrogen-bond donors (Lipinski definition) is 1. The molecule has 2 unspecified atom stereocenters. The first-order valence-electron chi connectivity index (χ1n) is 6.54. The summed E-state index contributed by atoms with van der Waals surface area (Å²) in [5, 5.41) is 8.68. The Morgan fingerprint density at radius 3 is 2.83 bits per heavy atom. The van der Waals surface area contributed by atoms with E-state index >= 15 is 0 Å². The summed E-state index contributed by atoms with van der Waals surface area (Å²) in [5.74, 6) is -0.426. The van der Waals surface area contributed by atoms with Crippen LogP contribution in [0.15, 0.2) is 0 Å². The number of piperidine rings is 1. The number of carbonyl (C=O) groups is 2. The molecule has 1 saturated heterocycles. The van der Waals surface area contributed by atoms with Crippen LogP contribution in [0.25, 0.3) is 0 Å². The van der Waals surface area contributed by atoms with Gasteiger partial charge in [-0.05, 0) is 25.2 Å². The van der Waals surface area contributed by atoms with Crippen LogP contribution in [0.5, 0.6) is 0 Å². The number of ether oxygens (including phenoxy) is 1. The van der Waals surface area contributed by atoms with Crippen LogP contribution >= 0.6 is 0 Å². The Labute approximate surface area is 108 Å². The van der Waals surface area contributed by atoms with Crippen molar-refractivity contribution in [2.24, 2.45) is 11.8 Å². The lowest BCUT2D eigenvalue weighted by atomic mass is 9.92. The highest BCUT2D eigenvalue weighted by Gasteiger charge is 2.26. The zero-order valence-corrected chi connectivity index (χ0v) is 11.2. The second-order valence-corrected chi connectivity index (χ2v) is 5.08. The molecule has 0 aromatic rings. The van der Waals surface area contributed by atoms with Crippen molar-refractivity contribution >= 4 is 11.9 Å². The quantitative estimate of drug-likeness (QED) is 0.780. The molecule has 1 N–H and O–H groups in total. The lowest BCUT2D eigenvalue weighted by Gasteiger charge is -2.34. The van der Waals surface area contributed by atoms with Crippen molar-refractivity contribution < 1.29 is 19.4 Å². The average Bonchev–Trinajstić information content (AvgIpc) is 2.36. The number of rotatable bonds is 6. The van der Waals surface area contributed by atoms with E-state index in [0.717, 1.165) is 19.4 Å². The average molecular weight is 257 g/mol. The molecule has 0 bridgehead atoms. The number of carboxylic acid groups (broad SMARTS) is 1. The SMILES string of the molecule is COCC(C)C(=O)N1CCCC(CCC(=O)O)C1. The van der Waals surface area contributed by atoms with Crippen molar-refractivity contribution in [1.82, 2.24) is 4.90 Å². The molecule has 2 atom stereocenters. The Balaban J connectivity index is 2.42. The van der Waals surface area contributed by atoms with Gasteiger partial charge in [0.15, 0.2) is 0 Å².